The van der Waals surface area contributed by atoms with Gasteiger partial charge in [0.1, 0.15) is 0 Å². The van der Waals surface area contributed by atoms with Crippen LogP contribution in [0.15, 0.2) is 71.3 Å². The van der Waals surface area contributed by atoms with Crippen LogP contribution in [-0.2, 0) is 4.79 Å². The Kier molecular flexibility index (Phi) is 4.72. The molecule has 0 unspecified atom stereocenters. The zero-order valence-corrected chi connectivity index (χ0v) is 18.5. The van der Waals surface area contributed by atoms with Crippen LogP contribution in [0.1, 0.15) is 32.4 Å². The van der Waals surface area contributed by atoms with Crippen LogP contribution in [0.3, 0.4) is 0 Å². The number of carbonyl (C=O) groups excluding carboxylic acids is 2. The zero-order valence-electron chi connectivity index (χ0n) is 16.8. The number of hydrogen-bond acceptors (Lipinski definition) is 6. The van der Waals surface area contributed by atoms with Gasteiger partial charge < -0.3 is 5.11 Å². The zero-order chi connectivity index (χ0) is 21.7. The summed E-state index contributed by atoms with van der Waals surface area (Å²) in [4.78, 5) is 33.1. The molecule has 0 aliphatic carbocycles. The van der Waals surface area contributed by atoms with Crippen LogP contribution >= 0.6 is 22.7 Å². The van der Waals surface area contributed by atoms with Crippen molar-refractivity contribution in [3.05, 3.63) is 92.9 Å². The number of rotatable bonds is 4. The summed E-state index contributed by atoms with van der Waals surface area (Å²) in [5.41, 5.74) is 3.78. The van der Waals surface area contributed by atoms with Gasteiger partial charge in [0.25, 0.3) is 5.91 Å². The van der Waals surface area contributed by atoms with E-state index in [1.165, 1.54) is 27.6 Å². The van der Waals surface area contributed by atoms with Crippen molar-refractivity contribution in [3.8, 4) is 0 Å². The Hall–Kier alpha value is -3.29. The Morgan fingerprint density at radius 2 is 1.81 bits per heavy atom. The molecular formula is C24H18N2O3S2. The molecule has 4 aromatic rings. The highest BCUT2D eigenvalue weighted by Crippen LogP contribution is 2.44. The molecule has 0 saturated heterocycles. The number of benzene rings is 2. The topological polar surface area (TPSA) is 70.5 Å². The standard InChI is InChI=1S/C24H18N2O3S2/c1-13-5-8-15(9-6-13)20-19(21(27)17-4-3-11-30-17)22(28)23(29)26(20)24-25-16-10-7-14(2)12-18(16)31-24/h3-12,20,28H,1-2H3/t20-/m1/s1. The molecular weight excluding hydrogens is 428 g/mol. The third-order valence-electron chi connectivity index (χ3n) is 5.33. The number of aryl methyl sites for hydroxylation is 2. The van der Waals surface area contributed by atoms with Gasteiger partial charge in [-0.1, -0.05) is 53.3 Å². The monoisotopic (exact) mass is 446 g/mol. The minimum absolute atomic E-state index is 0.0896. The Labute approximate surface area is 186 Å². The molecule has 154 valence electrons. The van der Waals surface area contributed by atoms with Crippen molar-refractivity contribution in [2.24, 2.45) is 0 Å². The maximum atomic E-state index is 13.3. The molecule has 0 spiro atoms. The highest BCUT2D eigenvalue weighted by atomic mass is 32.1. The van der Waals surface area contributed by atoms with E-state index in [0.717, 1.165) is 26.9 Å². The summed E-state index contributed by atoms with van der Waals surface area (Å²) < 4.78 is 0.947. The van der Waals surface area contributed by atoms with Crippen molar-refractivity contribution < 1.29 is 14.7 Å². The molecule has 0 bridgehead atoms. The number of aliphatic hydroxyl groups is 1. The molecule has 2 aromatic heterocycles. The molecule has 5 nitrogen and oxygen atoms in total. The lowest BCUT2D eigenvalue weighted by molar-refractivity contribution is -0.117. The number of aliphatic hydroxyl groups excluding tert-OH is 1. The highest BCUT2D eigenvalue weighted by Gasteiger charge is 2.46. The lowest BCUT2D eigenvalue weighted by atomic mass is 9.95. The fraction of sp³-hybridized carbons (Fsp3) is 0.125. The summed E-state index contributed by atoms with van der Waals surface area (Å²) in [6.45, 7) is 3.97. The highest BCUT2D eigenvalue weighted by molar-refractivity contribution is 7.22. The van der Waals surface area contributed by atoms with Gasteiger partial charge in [0.15, 0.2) is 10.9 Å². The van der Waals surface area contributed by atoms with Crippen LogP contribution in [-0.4, -0.2) is 21.8 Å². The summed E-state index contributed by atoms with van der Waals surface area (Å²) in [7, 11) is 0. The average molecular weight is 447 g/mol. The SMILES string of the molecule is Cc1ccc([C@@H]2C(C(=O)c3cccs3)=C(O)C(=O)N2c2nc3ccc(C)cc3s2)cc1. The van der Waals surface area contributed by atoms with Crippen molar-refractivity contribution in [1.29, 1.82) is 0 Å². The minimum atomic E-state index is -0.746. The van der Waals surface area contributed by atoms with Crippen LogP contribution < -0.4 is 4.90 Å². The van der Waals surface area contributed by atoms with Gasteiger partial charge in [0, 0.05) is 0 Å². The minimum Gasteiger partial charge on any atom is -0.503 e. The normalized spacial score (nSPS) is 16.5. The van der Waals surface area contributed by atoms with Crippen molar-refractivity contribution in [2.45, 2.75) is 19.9 Å². The number of hydrogen-bond donors (Lipinski definition) is 1. The second kappa shape index (κ2) is 7.44. The van der Waals surface area contributed by atoms with E-state index >= 15 is 0 Å². The van der Waals surface area contributed by atoms with Gasteiger partial charge in [0.2, 0.25) is 5.78 Å². The van der Waals surface area contributed by atoms with Gasteiger partial charge in [0.05, 0.1) is 26.7 Å². The number of thiazole rings is 1. The predicted octanol–water partition coefficient (Wildman–Crippen LogP) is 5.76. The number of anilines is 1. The Morgan fingerprint density at radius 1 is 1.06 bits per heavy atom. The number of fused-ring (bicyclic) bond motifs is 1. The van der Waals surface area contributed by atoms with Gasteiger partial charge in [-0.3, -0.25) is 14.5 Å². The second-order valence-electron chi connectivity index (χ2n) is 7.52. The summed E-state index contributed by atoms with van der Waals surface area (Å²) >= 11 is 2.66. The number of amides is 1. The fourth-order valence-electron chi connectivity index (χ4n) is 3.76. The van der Waals surface area contributed by atoms with E-state index in [1.807, 2.05) is 56.3 Å². The maximum Gasteiger partial charge on any atom is 0.296 e. The molecule has 1 aliphatic rings. The van der Waals surface area contributed by atoms with E-state index in [-0.39, 0.29) is 11.4 Å². The first-order chi connectivity index (χ1) is 14.9. The number of Topliss-reactive ketones (excluding diaryl/α,β-unsaturated/α-hetero) is 1. The Balaban J connectivity index is 1.68. The molecule has 2 aromatic carbocycles. The molecule has 0 saturated carbocycles. The number of aromatic nitrogens is 1. The van der Waals surface area contributed by atoms with Crippen LogP contribution in [0.25, 0.3) is 10.2 Å². The molecule has 0 fully saturated rings. The lowest BCUT2D eigenvalue weighted by Gasteiger charge is -2.24. The van der Waals surface area contributed by atoms with Gasteiger partial charge in [-0.2, -0.15) is 0 Å². The summed E-state index contributed by atoms with van der Waals surface area (Å²) in [6, 6.07) is 16.3. The summed E-state index contributed by atoms with van der Waals surface area (Å²) in [5.74, 6) is -1.47. The summed E-state index contributed by atoms with van der Waals surface area (Å²) in [6.07, 6.45) is 0. The van der Waals surface area contributed by atoms with E-state index in [2.05, 4.69) is 4.98 Å². The molecule has 5 rings (SSSR count). The van der Waals surface area contributed by atoms with Crippen molar-refractivity contribution >= 4 is 49.7 Å². The third kappa shape index (κ3) is 3.26. The van der Waals surface area contributed by atoms with Crippen LogP contribution in [0.2, 0.25) is 0 Å². The van der Waals surface area contributed by atoms with Crippen molar-refractivity contribution in [1.82, 2.24) is 4.98 Å². The van der Waals surface area contributed by atoms with Crippen molar-refractivity contribution in [3.63, 3.8) is 0 Å². The van der Waals surface area contributed by atoms with E-state index in [9.17, 15) is 14.7 Å². The first-order valence-electron chi connectivity index (χ1n) is 9.72. The molecule has 1 atom stereocenters. The predicted molar refractivity (Wildman–Crippen MR) is 124 cm³/mol. The lowest BCUT2D eigenvalue weighted by Crippen LogP contribution is -2.30. The first kappa shape index (κ1) is 19.7. The number of carbonyl (C=O) groups is 2. The van der Waals surface area contributed by atoms with E-state index in [1.54, 1.807) is 17.5 Å². The van der Waals surface area contributed by atoms with E-state index in [0.29, 0.717) is 10.0 Å². The van der Waals surface area contributed by atoms with Gasteiger partial charge in [-0.25, -0.2) is 4.98 Å². The van der Waals surface area contributed by atoms with E-state index in [4.69, 9.17) is 0 Å². The van der Waals surface area contributed by atoms with Crippen LogP contribution in [0, 0.1) is 13.8 Å². The average Bonchev–Trinajstić information content (AvgIpc) is 3.47. The largest absolute Gasteiger partial charge is 0.503 e. The third-order valence-corrected chi connectivity index (χ3v) is 7.22. The quantitative estimate of drug-likeness (QED) is 0.405. The maximum absolute atomic E-state index is 13.3. The van der Waals surface area contributed by atoms with Crippen molar-refractivity contribution in [2.75, 3.05) is 4.90 Å². The smallest absolute Gasteiger partial charge is 0.296 e. The van der Waals surface area contributed by atoms with Crippen LogP contribution in [0.5, 0.6) is 0 Å². The fourth-order valence-corrected chi connectivity index (χ4v) is 5.53. The Morgan fingerprint density at radius 3 is 2.52 bits per heavy atom. The molecule has 3 heterocycles. The number of ketones is 1. The van der Waals surface area contributed by atoms with Gasteiger partial charge >= 0.3 is 0 Å². The molecule has 0 radical (unpaired) electrons. The second-order valence-corrected chi connectivity index (χ2v) is 9.48. The number of nitrogens with zero attached hydrogens (tertiary/aromatic N) is 2. The summed E-state index contributed by atoms with van der Waals surface area (Å²) in [5, 5.41) is 13.1. The van der Waals surface area contributed by atoms with E-state index < -0.39 is 17.7 Å². The molecule has 1 aliphatic heterocycles. The van der Waals surface area contributed by atoms with Gasteiger partial charge in [-0.05, 0) is 48.6 Å². The first-order valence-corrected chi connectivity index (χ1v) is 11.4. The van der Waals surface area contributed by atoms with Crippen LogP contribution in [0.4, 0.5) is 5.13 Å². The molecule has 31 heavy (non-hydrogen) atoms. The Bertz CT molecular complexity index is 1350. The molecule has 1 N–H and O–H groups in total. The number of thiophene rings is 1. The molecule has 1 amide bonds. The molecule has 7 heteroatoms. The van der Waals surface area contributed by atoms with Gasteiger partial charge in [-0.15, -0.1) is 11.3 Å².